The molecule has 0 fully saturated rings. The molecule has 0 unspecified atom stereocenters. The summed E-state index contributed by atoms with van der Waals surface area (Å²) in [6.07, 6.45) is 1.22. The van der Waals surface area contributed by atoms with Gasteiger partial charge in [0.15, 0.2) is 9.84 Å². The zero-order valence-electron chi connectivity index (χ0n) is 10.1. The summed E-state index contributed by atoms with van der Waals surface area (Å²) in [5.74, 6) is 0.870. The second-order valence-corrected chi connectivity index (χ2v) is 7.16. The normalized spacial score (nSPS) is 12.4. The van der Waals surface area contributed by atoms with Gasteiger partial charge in [0.25, 0.3) is 0 Å². The van der Waals surface area contributed by atoms with E-state index >= 15 is 0 Å². The van der Waals surface area contributed by atoms with Crippen molar-refractivity contribution in [3.05, 3.63) is 23.7 Å². The smallest absolute Gasteiger partial charge is 0.203 e. The van der Waals surface area contributed by atoms with Crippen molar-refractivity contribution in [2.75, 3.05) is 12.8 Å². The number of nitrogens with zero attached hydrogens (tertiary/aromatic N) is 1. The first kappa shape index (κ1) is 13.7. The van der Waals surface area contributed by atoms with Crippen LogP contribution in [0.5, 0.6) is 0 Å². The van der Waals surface area contributed by atoms with Crippen molar-refractivity contribution in [3.8, 4) is 6.07 Å². The summed E-state index contributed by atoms with van der Waals surface area (Å²) in [5.41, 5.74) is 0. The second kappa shape index (κ2) is 4.90. The second-order valence-electron chi connectivity index (χ2n) is 4.51. The average molecular weight is 256 g/mol. The molecule has 0 aliphatic carbocycles. The first-order chi connectivity index (χ1) is 7.76. The number of rotatable bonds is 5. The zero-order chi connectivity index (χ0) is 13.1. The van der Waals surface area contributed by atoms with Crippen LogP contribution in [-0.4, -0.2) is 26.0 Å². The number of furan rings is 1. The molecule has 0 aromatic carbocycles. The SMILES string of the molecule is CC(C)(CNCc1ccc(C#N)o1)S(C)(=O)=O. The van der Waals surface area contributed by atoms with Crippen LogP contribution >= 0.6 is 0 Å². The molecule has 1 aromatic heterocycles. The predicted octanol–water partition coefficient (Wildman–Crippen LogP) is 1.06. The Hall–Kier alpha value is -1.32. The lowest BCUT2D eigenvalue weighted by molar-refractivity contribution is 0.457. The summed E-state index contributed by atoms with van der Waals surface area (Å²) in [7, 11) is -3.10. The fraction of sp³-hybridized carbons (Fsp3) is 0.545. The Morgan fingerprint density at radius 1 is 1.47 bits per heavy atom. The highest BCUT2D eigenvalue weighted by molar-refractivity contribution is 7.92. The largest absolute Gasteiger partial charge is 0.449 e. The molecule has 0 radical (unpaired) electrons. The molecule has 0 amide bonds. The maximum atomic E-state index is 11.4. The van der Waals surface area contributed by atoms with Gasteiger partial charge in [0, 0.05) is 12.8 Å². The molecule has 1 rings (SSSR count). The first-order valence-corrected chi connectivity index (χ1v) is 7.04. The van der Waals surface area contributed by atoms with Gasteiger partial charge in [0.1, 0.15) is 11.8 Å². The first-order valence-electron chi connectivity index (χ1n) is 5.15. The lowest BCUT2D eigenvalue weighted by atomic mass is 10.2. The van der Waals surface area contributed by atoms with Crippen LogP contribution in [0.4, 0.5) is 0 Å². The van der Waals surface area contributed by atoms with Crippen LogP contribution in [0.3, 0.4) is 0 Å². The maximum absolute atomic E-state index is 11.4. The fourth-order valence-corrected chi connectivity index (χ4v) is 1.52. The van der Waals surface area contributed by atoms with Crippen LogP contribution in [0.25, 0.3) is 0 Å². The lowest BCUT2D eigenvalue weighted by Gasteiger charge is -2.22. The van der Waals surface area contributed by atoms with Crippen molar-refractivity contribution in [2.24, 2.45) is 0 Å². The molecule has 5 nitrogen and oxygen atoms in total. The van der Waals surface area contributed by atoms with E-state index in [2.05, 4.69) is 5.32 Å². The van der Waals surface area contributed by atoms with E-state index in [1.807, 2.05) is 6.07 Å². The molecular formula is C11H16N2O3S. The Balaban J connectivity index is 2.51. The van der Waals surface area contributed by atoms with Crippen molar-refractivity contribution in [3.63, 3.8) is 0 Å². The molecule has 0 saturated heterocycles. The van der Waals surface area contributed by atoms with Gasteiger partial charge in [0.2, 0.25) is 5.76 Å². The summed E-state index contributed by atoms with van der Waals surface area (Å²) in [6.45, 7) is 4.06. The number of nitriles is 1. The molecule has 94 valence electrons. The molecular weight excluding hydrogens is 240 g/mol. The van der Waals surface area contributed by atoms with Crippen LogP contribution in [-0.2, 0) is 16.4 Å². The van der Waals surface area contributed by atoms with E-state index in [0.29, 0.717) is 18.8 Å². The summed E-state index contributed by atoms with van der Waals surface area (Å²) < 4.78 is 27.2. The zero-order valence-corrected chi connectivity index (χ0v) is 11.0. The van der Waals surface area contributed by atoms with Crippen LogP contribution in [0.1, 0.15) is 25.4 Å². The van der Waals surface area contributed by atoms with Gasteiger partial charge >= 0.3 is 0 Å². The minimum atomic E-state index is -3.10. The highest BCUT2D eigenvalue weighted by Gasteiger charge is 2.29. The highest BCUT2D eigenvalue weighted by Crippen LogP contribution is 2.14. The molecule has 17 heavy (non-hydrogen) atoms. The molecule has 1 aromatic rings. The minimum Gasteiger partial charge on any atom is -0.449 e. The Bertz CT molecular complexity index is 523. The number of hydrogen-bond donors (Lipinski definition) is 1. The van der Waals surface area contributed by atoms with E-state index in [1.165, 1.54) is 6.26 Å². The molecule has 0 bridgehead atoms. The molecule has 0 aliphatic heterocycles. The minimum absolute atomic E-state index is 0.254. The molecule has 0 saturated carbocycles. The van der Waals surface area contributed by atoms with Gasteiger partial charge in [-0.25, -0.2) is 8.42 Å². The summed E-state index contributed by atoms with van der Waals surface area (Å²) in [5, 5.41) is 11.6. The third kappa shape index (κ3) is 3.58. The predicted molar refractivity (Wildman–Crippen MR) is 64.1 cm³/mol. The van der Waals surface area contributed by atoms with E-state index < -0.39 is 14.6 Å². The van der Waals surface area contributed by atoms with Crippen molar-refractivity contribution >= 4 is 9.84 Å². The standard InChI is InChI=1S/C11H16N2O3S/c1-11(2,17(3,14)15)8-13-7-10-5-4-9(6-12)16-10/h4-5,13H,7-8H2,1-3H3. The number of nitrogens with one attached hydrogen (secondary N) is 1. The summed E-state index contributed by atoms with van der Waals surface area (Å²) in [6, 6.07) is 5.16. The van der Waals surface area contributed by atoms with Crippen LogP contribution in [0.2, 0.25) is 0 Å². The van der Waals surface area contributed by atoms with Crippen LogP contribution in [0, 0.1) is 11.3 Å². The van der Waals surface area contributed by atoms with E-state index in [0.717, 1.165) is 0 Å². The molecule has 6 heteroatoms. The van der Waals surface area contributed by atoms with Crippen molar-refractivity contribution < 1.29 is 12.8 Å². The molecule has 1 heterocycles. The van der Waals surface area contributed by atoms with E-state index in [1.54, 1.807) is 26.0 Å². The average Bonchev–Trinajstić information content (AvgIpc) is 2.63. The molecule has 0 aliphatic rings. The van der Waals surface area contributed by atoms with Gasteiger partial charge < -0.3 is 9.73 Å². The van der Waals surface area contributed by atoms with Gasteiger partial charge in [-0.05, 0) is 26.0 Å². The Morgan fingerprint density at radius 2 is 2.12 bits per heavy atom. The maximum Gasteiger partial charge on any atom is 0.203 e. The summed E-state index contributed by atoms with van der Waals surface area (Å²) >= 11 is 0. The third-order valence-corrected chi connectivity index (χ3v) is 4.78. The Labute approximate surface area is 101 Å². The Kier molecular flexibility index (Phi) is 3.96. The van der Waals surface area contributed by atoms with E-state index in [9.17, 15) is 8.42 Å². The van der Waals surface area contributed by atoms with Gasteiger partial charge in [-0.15, -0.1) is 0 Å². The number of hydrogen-bond acceptors (Lipinski definition) is 5. The quantitative estimate of drug-likeness (QED) is 0.851. The van der Waals surface area contributed by atoms with Crippen molar-refractivity contribution in [2.45, 2.75) is 25.1 Å². The summed E-state index contributed by atoms with van der Waals surface area (Å²) in [4.78, 5) is 0. The van der Waals surface area contributed by atoms with Gasteiger partial charge in [0.05, 0.1) is 11.3 Å². The monoisotopic (exact) mass is 256 g/mol. The molecule has 0 spiro atoms. The topological polar surface area (TPSA) is 83.1 Å². The van der Waals surface area contributed by atoms with Crippen LogP contribution < -0.4 is 5.32 Å². The lowest BCUT2D eigenvalue weighted by Crippen LogP contribution is -2.41. The number of sulfone groups is 1. The highest BCUT2D eigenvalue weighted by atomic mass is 32.2. The van der Waals surface area contributed by atoms with Crippen molar-refractivity contribution in [1.29, 1.82) is 5.26 Å². The Morgan fingerprint density at radius 3 is 2.59 bits per heavy atom. The third-order valence-electron chi connectivity index (χ3n) is 2.63. The van der Waals surface area contributed by atoms with E-state index in [4.69, 9.17) is 9.68 Å². The van der Waals surface area contributed by atoms with Crippen molar-refractivity contribution in [1.82, 2.24) is 5.32 Å². The van der Waals surface area contributed by atoms with Gasteiger partial charge in [-0.2, -0.15) is 5.26 Å². The van der Waals surface area contributed by atoms with Gasteiger partial charge in [-0.3, -0.25) is 0 Å². The molecule has 0 atom stereocenters. The van der Waals surface area contributed by atoms with E-state index in [-0.39, 0.29) is 5.76 Å². The molecule has 1 N–H and O–H groups in total. The fourth-order valence-electron chi connectivity index (χ4n) is 1.15. The van der Waals surface area contributed by atoms with Crippen LogP contribution in [0.15, 0.2) is 16.5 Å². The van der Waals surface area contributed by atoms with Gasteiger partial charge in [-0.1, -0.05) is 0 Å².